The van der Waals surface area contributed by atoms with Gasteiger partial charge >= 0.3 is 11.9 Å². The van der Waals surface area contributed by atoms with Gasteiger partial charge in [-0.05, 0) is 25.2 Å². The molecule has 1 N–H and O–H groups in total. The molecule has 0 bridgehead atoms. The van der Waals surface area contributed by atoms with Gasteiger partial charge in [-0.15, -0.1) is 0 Å². The normalized spacial score (nSPS) is 11.5. The van der Waals surface area contributed by atoms with E-state index in [1.165, 1.54) is 70.6 Å². The molecule has 1 unspecified atom stereocenters. The van der Waals surface area contributed by atoms with Crippen LogP contribution in [0.15, 0.2) is 0 Å². The Kier molecular flexibility index (Phi) is 27.0. The molecule has 0 aromatic rings. The number of rotatable bonds is 20. The van der Waals surface area contributed by atoms with Gasteiger partial charge in [0.2, 0.25) is 0 Å². The number of carbonyl (C=O) groups excluding carboxylic acids is 1. The first kappa shape index (κ1) is 31.1. The molecule has 0 heterocycles. The van der Waals surface area contributed by atoms with E-state index < -0.39 is 5.97 Å². The fraction of sp³-hybridized carbons (Fsp3) is 0.923. The van der Waals surface area contributed by atoms with E-state index in [0.29, 0.717) is 25.4 Å². The summed E-state index contributed by atoms with van der Waals surface area (Å²) in [6.07, 6.45) is 20.0. The first-order valence-corrected chi connectivity index (χ1v) is 12.9. The van der Waals surface area contributed by atoms with Gasteiger partial charge in [0, 0.05) is 12.8 Å². The minimum absolute atomic E-state index is 0.00134. The third-order valence-corrected chi connectivity index (χ3v) is 5.50. The number of carboxylic acids is 1. The second-order valence-corrected chi connectivity index (χ2v) is 8.53. The summed E-state index contributed by atoms with van der Waals surface area (Å²) in [5, 5.41) is 8.35. The molecule has 0 fully saturated rings. The van der Waals surface area contributed by atoms with Gasteiger partial charge in [-0.25, -0.2) is 0 Å². The molecule has 0 aromatic heterocycles. The molecule has 4 heteroatoms. The van der Waals surface area contributed by atoms with E-state index in [1.54, 1.807) is 0 Å². The van der Waals surface area contributed by atoms with Crippen molar-refractivity contribution in [2.24, 2.45) is 5.92 Å². The maximum absolute atomic E-state index is 11.5. The lowest BCUT2D eigenvalue weighted by Gasteiger charge is -2.14. The molecule has 0 saturated heterocycles. The highest BCUT2D eigenvalue weighted by atomic mass is 16.5. The van der Waals surface area contributed by atoms with Crippen LogP contribution in [-0.2, 0) is 14.3 Å². The Balaban J connectivity index is 0. The van der Waals surface area contributed by atoms with Gasteiger partial charge in [0.25, 0.3) is 0 Å². The predicted molar refractivity (Wildman–Crippen MR) is 128 cm³/mol. The first-order chi connectivity index (χ1) is 14.5. The topological polar surface area (TPSA) is 63.6 Å². The minimum Gasteiger partial charge on any atom is -0.481 e. The quantitative estimate of drug-likeness (QED) is 0.156. The fourth-order valence-electron chi connectivity index (χ4n) is 3.29. The highest BCUT2D eigenvalue weighted by Gasteiger charge is 2.09. The van der Waals surface area contributed by atoms with Crippen LogP contribution in [0.25, 0.3) is 0 Å². The molecule has 4 nitrogen and oxygen atoms in total. The summed E-state index contributed by atoms with van der Waals surface area (Å²) in [7, 11) is 0. The summed E-state index contributed by atoms with van der Waals surface area (Å²) in [6.45, 7) is 9.41. The molecular formula is C26H52O4. The zero-order chi connectivity index (χ0) is 22.9. The predicted octanol–water partition coefficient (Wildman–Crippen LogP) is 8.32. The van der Waals surface area contributed by atoms with Gasteiger partial charge in [0.05, 0.1) is 6.61 Å². The minimum atomic E-state index is -0.663. The molecule has 0 spiro atoms. The first-order valence-electron chi connectivity index (χ1n) is 12.9. The molecule has 0 radical (unpaired) electrons. The van der Waals surface area contributed by atoms with Crippen LogP contribution in [-0.4, -0.2) is 23.7 Å². The van der Waals surface area contributed by atoms with E-state index in [2.05, 4.69) is 27.7 Å². The van der Waals surface area contributed by atoms with E-state index in [0.717, 1.165) is 32.1 Å². The average Bonchev–Trinajstić information content (AvgIpc) is 2.73. The van der Waals surface area contributed by atoms with Crippen molar-refractivity contribution in [3.05, 3.63) is 0 Å². The lowest BCUT2D eigenvalue weighted by atomic mass is 10.0. The molecule has 0 amide bonds. The molecule has 0 aliphatic heterocycles. The molecule has 1 atom stereocenters. The van der Waals surface area contributed by atoms with E-state index in [1.807, 2.05) is 0 Å². The molecule has 0 rings (SSSR count). The third kappa shape index (κ3) is 26.9. The van der Waals surface area contributed by atoms with Gasteiger partial charge in [0.15, 0.2) is 0 Å². The van der Waals surface area contributed by atoms with Gasteiger partial charge in [0.1, 0.15) is 0 Å². The van der Waals surface area contributed by atoms with Crippen LogP contribution in [0.2, 0.25) is 0 Å². The maximum atomic E-state index is 11.5. The van der Waals surface area contributed by atoms with Crippen molar-refractivity contribution < 1.29 is 19.4 Å². The van der Waals surface area contributed by atoms with Crippen molar-refractivity contribution in [1.82, 2.24) is 0 Å². The summed E-state index contributed by atoms with van der Waals surface area (Å²) in [4.78, 5) is 21.7. The summed E-state index contributed by atoms with van der Waals surface area (Å²) in [5.41, 5.74) is 0. The molecule has 180 valence electrons. The van der Waals surface area contributed by atoms with Gasteiger partial charge in [-0.3, -0.25) is 9.59 Å². The Hall–Kier alpha value is -1.06. The van der Waals surface area contributed by atoms with Crippen molar-refractivity contribution >= 4 is 11.9 Å². The zero-order valence-corrected chi connectivity index (χ0v) is 20.7. The Morgan fingerprint density at radius 2 is 1.13 bits per heavy atom. The molecule has 0 saturated carbocycles. The lowest BCUT2D eigenvalue weighted by Crippen LogP contribution is -2.13. The Morgan fingerprint density at radius 1 is 0.667 bits per heavy atom. The largest absolute Gasteiger partial charge is 0.481 e. The Labute approximate surface area is 187 Å². The van der Waals surface area contributed by atoms with Gasteiger partial charge in [-0.2, -0.15) is 0 Å². The van der Waals surface area contributed by atoms with E-state index in [-0.39, 0.29) is 5.97 Å². The van der Waals surface area contributed by atoms with Crippen LogP contribution < -0.4 is 0 Å². The summed E-state index contributed by atoms with van der Waals surface area (Å²) in [6, 6.07) is 0. The highest BCUT2D eigenvalue weighted by molar-refractivity contribution is 5.69. The molecule has 0 aliphatic carbocycles. The molecule has 30 heavy (non-hydrogen) atoms. The summed E-state index contributed by atoms with van der Waals surface area (Å²) < 4.78 is 5.36. The van der Waals surface area contributed by atoms with Crippen LogP contribution in [0.1, 0.15) is 143 Å². The van der Waals surface area contributed by atoms with E-state index in [4.69, 9.17) is 9.84 Å². The highest BCUT2D eigenvalue weighted by Crippen LogP contribution is 2.14. The van der Waals surface area contributed by atoms with Crippen molar-refractivity contribution in [3.8, 4) is 0 Å². The number of carbonyl (C=O) groups is 2. The maximum Gasteiger partial charge on any atom is 0.305 e. The fourth-order valence-corrected chi connectivity index (χ4v) is 3.29. The van der Waals surface area contributed by atoms with Gasteiger partial charge in [-0.1, -0.05) is 111 Å². The van der Waals surface area contributed by atoms with Crippen molar-refractivity contribution in [2.75, 3.05) is 6.61 Å². The van der Waals surface area contributed by atoms with Crippen molar-refractivity contribution in [2.45, 2.75) is 143 Å². The SMILES string of the molecule is CCCCCCCC(=O)OCC(CC)CCCC.CCCCCCCCCC(=O)O. The number of unbranched alkanes of at least 4 members (excludes halogenated alkanes) is 11. The molecule has 0 aliphatic rings. The summed E-state index contributed by atoms with van der Waals surface area (Å²) in [5.74, 6) is -0.0982. The van der Waals surface area contributed by atoms with Gasteiger partial charge < -0.3 is 9.84 Å². The van der Waals surface area contributed by atoms with Crippen LogP contribution in [0.5, 0.6) is 0 Å². The number of hydrogen-bond acceptors (Lipinski definition) is 3. The van der Waals surface area contributed by atoms with E-state index >= 15 is 0 Å². The number of hydrogen-bond donors (Lipinski definition) is 1. The third-order valence-electron chi connectivity index (χ3n) is 5.50. The number of ether oxygens (including phenoxy) is 1. The number of carboxylic acid groups (broad SMARTS) is 1. The van der Waals surface area contributed by atoms with Crippen LogP contribution in [0.3, 0.4) is 0 Å². The van der Waals surface area contributed by atoms with Crippen molar-refractivity contribution in [1.29, 1.82) is 0 Å². The van der Waals surface area contributed by atoms with Crippen LogP contribution >= 0.6 is 0 Å². The standard InChI is InChI=1S/C16H32O2.C10H20O2/c1-4-7-9-10-11-13-16(17)18-14-15(6-3)12-8-5-2;1-2-3-4-5-6-7-8-9-10(11)12/h15H,4-14H2,1-3H3;2-9H2,1H3,(H,11,12). The van der Waals surface area contributed by atoms with Crippen molar-refractivity contribution in [3.63, 3.8) is 0 Å². The van der Waals surface area contributed by atoms with Crippen LogP contribution in [0, 0.1) is 5.92 Å². The number of esters is 1. The summed E-state index contributed by atoms with van der Waals surface area (Å²) >= 11 is 0. The Bertz CT molecular complexity index is 368. The smallest absolute Gasteiger partial charge is 0.305 e. The van der Waals surface area contributed by atoms with Crippen LogP contribution in [0.4, 0.5) is 0 Å². The second-order valence-electron chi connectivity index (χ2n) is 8.53. The Morgan fingerprint density at radius 3 is 1.60 bits per heavy atom. The monoisotopic (exact) mass is 428 g/mol. The molecule has 0 aromatic carbocycles. The average molecular weight is 429 g/mol. The number of aliphatic carboxylic acids is 1. The lowest BCUT2D eigenvalue weighted by molar-refractivity contribution is -0.145. The van der Waals surface area contributed by atoms with E-state index in [9.17, 15) is 9.59 Å². The zero-order valence-electron chi connectivity index (χ0n) is 20.7. The molecular weight excluding hydrogens is 376 g/mol. The second kappa shape index (κ2) is 26.0.